The van der Waals surface area contributed by atoms with Gasteiger partial charge in [0.2, 0.25) is 0 Å². The molecule has 0 bridgehead atoms. The first kappa shape index (κ1) is 24.1. The topological polar surface area (TPSA) is 118 Å². The van der Waals surface area contributed by atoms with Crippen LogP contribution in [0, 0.1) is 0 Å². The third-order valence-electron chi connectivity index (χ3n) is 6.11. The molecule has 0 atom stereocenters. The van der Waals surface area contributed by atoms with Gasteiger partial charge in [-0.25, -0.2) is 14.8 Å². The van der Waals surface area contributed by atoms with Crippen LogP contribution >= 0.6 is 0 Å². The van der Waals surface area contributed by atoms with E-state index in [4.69, 9.17) is 20.2 Å². The fraction of sp³-hybridized carbons (Fsp3) is 0.560. The number of nitrogens with two attached hydrogens (primary N) is 1. The second-order valence-corrected chi connectivity index (χ2v) is 9.14. The molecule has 0 unspecified atom stereocenters. The standard InChI is InChI=1S/C25H36N6O3/c1-5-7-17-19(34-16-10-12-31(13-11-16)25(32)27-15(3)4)9-8-18-21(17)22-23(24(26)28-18)30-20(29-22)14-33-6-2/h8-9,15-16H,5-7,10-14H2,1-4H3,(H2,26,28)(H,27,32)(H,29,30). The normalized spacial score (nSPS) is 14.9. The predicted octanol–water partition coefficient (Wildman–Crippen LogP) is 4.14. The molecule has 3 aromatic rings. The fourth-order valence-corrected chi connectivity index (χ4v) is 4.52. The molecule has 184 valence electrons. The molecule has 4 rings (SSSR count). The molecule has 1 aromatic carbocycles. The number of hydrogen-bond donors (Lipinski definition) is 3. The number of fused-ring (bicyclic) bond motifs is 3. The highest BCUT2D eigenvalue weighted by molar-refractivity contribution is 6.08. The number of benzene rings is 1. The molecule has 0 saturated carbocycles. The van der Waals surface area contributed by atoms with Crippen molar-refractivity contribution in [2.75, 3.05) is 25.4 Å². The van der Waals surface area contributed by atoms with E-state index < -0.39 is 0 Å². The largest absolute Gasteiger partial charge is 0.490 e. The number of carbonyl (C=O) groups excluding carboxylic acids is 1. The van der Waals surface area contributed by atoms with Crippen LogP contribution in [0.1, 0.15) is 58.3 Å². The fourth-order valence-electron chi connectivity index (χ4n) is 4.52. The van der Waals surface area contributed by atoms with Crippen molar-refractivity contribution in [1.82, 2.24) is 25.2 Å². The van der Waals surface area contributed by atoms with Gasteiger partial charge in [-0.3, -0.25) is 0 Å². The lowest BCUT2D eigenvalue weighted by atomic mass is 10.0. The van der Waals surface area contributed by atoms with Gasteiger partial charge in [0.05, 0.1) is 5.52 Å². The number of aryl methyl sites for hydroxylation is 1. The summed E-state index contributed by atoms with van der Waals surface area (Å²) < 4.78 is 12.1. The maximum Gasteiger partial charge on any atom is 0.317 e. The Balaban J connectivity index is 1.62. The van der Waals surface area contributed by atoms with Gasteiger partial charge in [0.25, 0.3) is 0 Å². The monoisotopic (exact) mass is 468 g/mol. The van der Waals surface area contributed by atoms with E-state index in [1.165, 1.54) is 0 Å². The van der Waals surface area contributed by atoms with Crippen LogP contribution in [0.5, 0.6) is 5.75 Å². The number of nitrogens with zero attached hydrogens (tertiary/aromatic N) is 3. The molecule has 1 fully saturated rings. The highest BCUT2D eigenvalue weighted by Crippen LogP contribution is 2.36. The van der Waals surface area contributed by atoms with Crippen LogP contribution in [0.2, 0.25) is 0 Å². The van der Waals surface area contributed by atoms with Crippen LogP contribution in [-0.2, 0) is 17.8 Å². The van der Waals surface area contributed by atoms with Crippen LogP contribution in [0.3, 0.4) is 0 Å². The summed E-state index contributed by atoms with van der Waals surface area (Å²) in [4.78, 5) is 26.9. The van der Waals surface area contributed by atoms with Crippen molar-refractivity contribution in [2.24, 2.45) is 0 Å². The van der Waals surface area contributed by atoms with E-state index in [-0.39, 0.29) is 18.2 Å². The van der Waals surface area contributed by atoms with Gasteiger partial charge in [0, 0.05) is 49.5 Å². The van der Waals surface area contributed by atoms with Crippen molar-refractivity contribution in [3.8, 4) is 5.75 Å². The summed E-state index contributed by atoms with van der Waals surface area (Å²) in [6.07, 6.45) is 3.46. The summed E-state index contributed by atoms with van der Waals surface area (Å²) in [5, 5.41) is 3.95. The molecule has 2 aromatic heterocycles. The predicted molar refractivity (Wildman–Crippen MR) is 134 cm³/mol. The number of aromatic amines is 1. The van der Waals surface area contributed by atoms with E-state index in [1.54, 1.807) is 0 Å². The number of H-pyrrole nitrogens is 1. The average Bonchev–Trinajstić information content (AvgIpc) is 3.24. The van der Waals surface area contributed by atoms with E-state index >= 15 is 0 Å². The number of aromatic nitrogens is 3. The maximum atomic E-state index is 12.3. The zero-order valence-corrected chi connectivity index (χ0v) is 20.6. The Hall–Kier alpha value is -3.07. The molecule has 1 saturated heterocycles. The molecule has 4 N–H and O–H groups in total. The molecule has 2 amide bonds. The number of likely N-dealkylation sites (tertiary alicyclic amines) is 1. The van der Waals surface area contributed by atoms with Crippen LogP contribution in [-0.4, -0.2) is 57.7 Å². The Morgan fingerprint density at radius 2 is 2.03 bits per heavy atom. The molecule has 0 spiro atoms. The molecular weight excluding hydrogens is 432 g/mol. The number of rotatable bonds is 8. The van der Waals surface area contributed by atoms with Gasteiger partial charge >= 0.3 is 6.03 Å². The molecule has 0 aliphatic carbocycles. The zero-order chi connectivity index (χ0) is 24.2. The number of hydrogen-bond acceptors (Lipinski definition) is 6. The number of ether oxygens (including phenoxy) is 2. The molecule has 9 nitrogen and oxygen atoms in total. The van der Waals surface area contributed by atoms with E-state index in [0.29, 0.717) is 32.1 Å². The van der Waals surface area contributed by atoms with Crippen molar-refractivity contribution in [3.63, 3.8) is 0 Å². The smallest absolute Gasteiger partial charge is 0.317 e. The summed E-state index contributed by atoms with van der Waals surface area (Å²) >= 11 is 0. The number of urea groups is 1. The molecule has 9 heteroatoms. The number of nitrogen functional groups attached to an aromatic ring is 1. The lowest BCUT2D eigenvalue weighted by molar-refractivity contribution is 0.109. The van der Waals surface area contributed by atoms with Gasteiger partial charge in [-0.05, 0) is 39.3 Å². The third-order valence-corrected chi connectivity index (χ3v) is 6.11. The highest BCUT2D eigenvalue weighted by atomic mass is 16.5. The van der Waals surface area contributed by atoms with Gasteiger partial charge in [-0.1, -0.05) is 13.3 Å². The molecule has 0 radical (unpaired) electrons. The second kappa shape index (κ2) is 10.5. The van der Waals surface area contributed by atoms with Gasteiger partial charge in [0.15, 0.2) is 0 Å². The Bertz CT molecular complexity index is 1150. The minimum atomic E-state index is -0.00160. The minimum Gasteiger partial charge on any atom is -0.490 e. The number of nitrogens with one attached hydrogen (secondary N) is 2. The number of carbonyl (C=O) groups is 1. The summed E-state index contributed by atoms with van der Waals surface area (Å²) in [7, 11) is 0. The van der Waals surface area contributed by atoms with E-state index in [1.807, 2.05) is 37.8 Å². The zero-order valence-electron chi connectivity index (χ0n) is 20.6. The summed E-state index contributed by atoms with van der Waals surface area (Å²) in [6, 6.07) is 4.09. The van der Waals surface area contributed by atoms with Gasteiger partial charge in [-0.15, -0.1) is 0 Å². The lowest BCUT2D eigenvalue weighted by Gasteiger charge is -2.33. The Morgan fingerprint density at radius 1 is 1.26 bits per heavy atom. The maximum absolute atomic E-state index is 12.3. The first-order valence-corrected chi connectivity index (χ1v) is 12.3. The summed E-state index contributed by atoms with van der Waals surface area (Å²) in [6.45, 7) is 10.4. The van der Waals surface area contributed by atoms with Crippen LogP contribution in [0.15, 0.2) is 12.1 Å². The number of pyridine rings is 1. The Kier molecular flexibility index (Phi) is 7.41. The van der Waals surface area contributed by atoms with Gasteiger partial charge in [0.1, 0.15) is 41.1 Å². The summed E-state index contributed by atoms with van der Waals surface area (Å²) in [5.41, 5.74) is 9.72. The van der Waals surface area contributed by atoms with Gasteiger partial charge < -0.3 is 30.4 Å². The van der Waals surface area contributed by atoms with E-state index in [0.717, 1.165) is 64.8 Å². The van der Waals surface area contributed by atoms with Crippen molar-refractivity contribution in [3.05, 3.63) is 23.5 Å². The van der Waals surface area contributed by atoms with Crippen LogP contribution < -0.4 is 15.8 Å². The first-order chi connectivity index (χ1) is 16.4. The highest BCUT2D eigenvalue weighted by Gasteiger charge is 2.26. The lowest BCUT2D eigenvalue weighted by Crippen LogP contribution is -2.48. The Labute approximate surface area is 200 Å². The average molecular weight is 469 g/mol. The van der Waals surface area contributed by atoms with Gasteiger partial charge in [-0.2, -0.15) is 0 Å². The molecule has 1 aliphatic rings. The SMILES string of the molecule is CCCc1c(OC2CCN(C(=O)NC(C)C)CC2)ccc2nc(N)c3[nH]c(COCC)nc3c12. The quantitative estimate of drug-likeness (QED) is 0.457. The van der Waals surface area contributed by atoms with Crippen molar-refractivity contribution in [1.29, 1.82) is 0 Å². The first-order valence-electron chi connectivity index (χ1n) is 12.3. The van der Waals surface area contributed by atoms with Crippen LogP contribution in [0.25, 0.3) is 21.9 Å². The number of amides is 2. The molecule has 3 heterocycles. The molecule has 34 heavy (non-hydrogen) atoms. The third kappa shape index (κ3) is 5.04. The van der Waals surface area contributed by atoms with Crippen molar-refractivity contribution >= 4 is 33.8 Å². The molecular formula is C25H36N6O3. The van der Waals surface area contributed by atoms with Crippen molar-refractivity contribution < 1.29 is 14.3 Å². The summed E-state index contributed by atoms with van der Waals surface area (Å²) in [5.74, 6) is 2.03. The number of anilines is 1. The molecule has 1 aliphatic heterocycles. The van der Waals surface area contributed by atoms with E-state index in [9.17, 15) is 4.79 Å². The van der Waals surface area contributed by atoms with E-state index in [2.05, 4.69) is 22.2 Å². The Morgan fingerprint density at radius 3 is 2.71 bits per heavy atom. The number of imidazole rings is 1. The minimum absolute atomic E-state index is 0.00160. The van der Waals surface area contributed by atoms with Crippen molar-refractivity contribution in [2.45, 2.75) is 72.1 Å². The second-order valence-electron chi connectivity index (χ2n) is 9.14. The van der Waals surface area contributed by atoms with Crippen LogP contribution in [0.4, 0.5) is 10.6 Å². The number of piperidine rings is 1.